The lowest BCUT2D eigenvalue weighted by molar-refractivity contribution is 0.354. The molecule has 3 rings (SSSR count). The van der Waals surface area contributed by atoms with Crippen LogP contribution in [-0.2, 0) is 6.42 Å². The van der Waals surface area contributed by atoms with E-state index in [1.807, 2.05) is 6.07 Å². The molecule has 1 unspecified atom stereocenters. The lowest BCUT2D eigenvalue weighted by atomic mass is 9.93. The Bertz CT molecular complexity index is 610. The molecule has 1 aliphatic heterocycles. The van der Waals surface area contributed by atoms with E-state index in [9.17, 15) is 0 Å². The van der Waals surface area contributed by atoms with Crippen molar-refractivity contribution in [3.8, 4) is 11.5 Å². The summed E-state index contributed by atoms with van der Waals surface area (Å²) >= 11 is 0. The minimum atomic E-state index is 0.324. The van der Waals surface area contributed by atoms with Crippen LogP contribution >= 0.6 is 0 Å². The van der Waals surface area contributed by atoms with Gasteiger partial charge in [0.05, 0.1) is 20.3 Å². The summed E-state index contributed by atoms with van der Waals surface area (Å²) in [6.45, 7) is 0. The number of anilines is 1. The molecule has 0 radical (unpaired) electrons. The standard InChI is InChI=1S/C17H19NO2/c1-19-16-10-8-13(11-17(16)20-2)15-9-7-12-5-3-4-6-14(12)18-15/h3-6,8,10-11,15,18H,7,9H2,1-2H3. The van der Waals surface area contributed by atoms with Crippen LogP contribution in [0.4, 0.5) is 5.69 Å². The molecule has 3 heteroatoms. The summed E-state index contributed by atoms with van der Waals surface area (Å²) < 4.78 is 10.7. The number of methoxy groups -OCH3 is 2. The number of benzene rings is 2. The fourth-order valence-electron chi connectivity index (χ4n) is 2.76. The molecule has 1 heterocycles. The summed E-state index contributed by atoms with van der Waals surface area (Å²) in [5.41, 5.74) is 3.86. The van der Waals surface area contributed by atoms with Crippen LogP contribution in [0.3, 0.4) is 0 Å². The predicted octanol–water partition coefficient (Wildman–Crippen LogP) is 3.80. The van der Waals surface area contributed by atoms with E-state index in [1.54, 1.807) is 14.2 Å². The maximum atomic E-state index is 5.38. The van der Waals surface area contributed by atoms with Gasteiger partial charge in [0.1, 0.15) is 0 Å². The van der Waals surface area contributed by atoms with Gasteiger partial charge in [-0.05, 0) is 42.2 Å². The van der Waals surface area contributed by atoms with Crippen molar-refractivity contribution in [1.82, 2.24) is 0 Å². The second-order valence-corrected chi connectivity index (χ2v) is 5.01. The van der Waals surface area contributed by atoms with E-state index < -0.39 is 0 Å². The zero-order chi connectivity index (χ0) is 13.9. The van der Waals surface area contributed by atoms with Gasteiger partial charge in [0.15, 0.2) is 11.5 Å². The van der Waals surface area contributed by atoms with Crippen LogP contribution in [-0.4, -0.2) is 14.2 Å². The topological polar surface area (TPSA) is 30.5 Å². The van der Waals surface area contributed by atoms with Gasteiger partial charge >= 0.3 is 0 Å². The molecule has 2 aromatic carbocycles. The summed E-state index contributed by atoms with van der Waals surface area (Å²) in [6.07, 6.45) is 2.19. The summed E-state index contributed by atoms with van der Waals surface area (Å²) in [5, 5.41) is 3.61. The van der Waals surface area contributed by atoms with Crippen molar-refractivity contribution in [3.05, 3.63) is 53.6 Å². The molecule has 0 saturated carbocycles. The number of aryl methyl sites for hydroxylation is 1. The van der Waals surface area contributed by atoms with Gasteiger partial charge in [-0.25, -0.2) is 0 Å². The average Bonchev–Trinajstić information content (AvgIpc) is 2.53. The second kappa shape index (κ2) is 5.45. The van der Waals surface area contributed by atoms with E-state index in [1.165, 1.54) is 16.8 Å². The van der Waals surface area contributed by atoms with Gasteiger partial charge in [-0.15, -0.1) is 0 Å². The number of ether oxygens (including phenoxy) is 2. The highest BCUT2D eigenvalue weighted by molar-refractivity contribution is 5.55. The maximum absolute atomic E-state index is 5.38. The third-order valence-electron chi connectivity index (χ3n) is 3.86. The summed E-state index contributed by atoms with van der Waals surface area (Å²) in [4.78, 5) is 0. The van der Waals surface area contributed by atoms with Gasteiger partial charge < -0.3 is 14.8 Å². The van der Waals surface area contributed by atoms with Crippen molar-refractivity contribution in [2.75, 3.05) is 19.5 Å². The van der Waals surface area contributed by atoms with Gasteiger partial charge in [0.2, 0.25) is 0 Å². The number of para-hydroxylation sites is 1. The molecular weight excluding hydrogens is 250 g/mol. The minimum Gasteiger partial charge on any atom is -0.493 e. The smallest absolute Gasteiger partial charge is 0.161 e. The molecule has 1 aliphatic rings. The highest BCUT2D eigenvalue weighted by Gasteiger charge is 2.19. The fraction of sp³-hybridized carbons (Fsp3) is 0.294. The maximum Gasteiger partial charge on any atom is 0.161 e. The highest BCUT2D eigenvalue weighted by atomic mass is 16.5. The van der Waals surface area contributed by atoms with Crippen molar-refractivity contribution in [2.45, 2.75) is 18.9 Å². The van der Waals surface area contributed by atoms with Crippen LogP contribution in [0, 0.1) is 0 Å². The second-order valence-electron chi connectivity index (χ2n) is 5.01. The summed E-state index contributed by atoms with van der Waals surface area (Å²) in [7, 11) is 3.33. The summed E-state index contributed by atoms with van der Waals surface area (Å²) in [6, 6.07) is 15.0. The molecule has 2 aromatic rings. The van der Waals surface area contributed by atoms with E-state index >= 15 is 0 Å². The van der Waals surface area contributed by atoms with Crippen molar-refractivity contribution in [2.24, 2.45) is 0 Å². The molecule has 3 nitrogen and oxygen atoms in total. The Balaban J connectivity index is 1.88. The van der Waals surface area contributed by atoms with Crippen LogP contribution in [0.1, 0.15) is 23.6 Å². The largest absolute Gasteiger partial charge is 0.493 e. The molecule has 0 saturated heterocycles. The van der Waals surface area contributed by atoms with Gasteiger partial charge in [0.25, 0.3) is 0 Å². The van der Waals surface area contributed by atoms with E-state index in [2.05, 4.69) is 41.7 Å². The first-order valence-corrected chi connectivity index (χ1v) is 6.88. The number of rotatable bonds is 3. The molecule has 0 amide bonds. The fourth-order valence-corrected chi connectivity index (χ4v) is 2.76. The Labute approximate surface area is 119 Å². The molecule has 1 atom stereocenters. The van der Waals surface area contributed by atoms with Crippen molar-refractivity contribution >= 4 is 5.69 Å². The van der Waals surface area contributed by atoms with Gasteiger partial charge in [-0.1, -0.05) is 24.3 Å². The van der Waals surface area contributed by atoms with Crippen LogP contribution < -0.4 is 14.8 Å². The van der Waals surface area contributed by atoms with Gasteiger partial charge in [-0.2, -0.15) is 0 Å². The van der Waals surface area contributed by atoms with Crippen molar-refractivity contribution < 1.29 is 9.47 Å². The van der Waals surface area contributed by atoms with E-state index in [0.29, 0.717) is 6.04 Å². The summed E-state index contributed by atoms with van der Waals surface area (Å²) in [5.74, 6) is 1.55. The predicted molar refractivity (Wildman–Crippen MR) is 80.7 cm³/mol. The number of hydrogen-bond donors (Lipinski definition) is 1. The third-order valence-corrected chi connectivity index (χ3v) is 3.86. The first-order valence-electron chi connectivity index (χ1n) is 6.88. The monoisotopic (exact) mass is 269 g/mol. The van der Waals surface area contributed by atoms with Crippen LogP contribution in [0.15, 0.2) is 42.5 Å². The SMILES string of the molecule is COc1ccc(C2CCc3ccccc3N2)cc1OC. The van der Waals surface area contributed by atoms with Crippen molar-refractivity contribution in [1.29, 1.82) is 0 Å². The van der Waals surface area contributed by atoms with Crippen molar-refractivity contribution in [3.63, 3.8) is 0 Å². The van der Waals surface area contributed by atoms with E-state index in [4.69, 9.17) is 9.47 Å². The first kappa shape index (κ1) is 12.9. The molecular formula is C17H19NO2. The number of fused-ring (bicyclic) bond motifs is 1. The Kier molecular flexibility index (Phi) is 3.50. The van der Waals surface area contributed by atoms with E-state index in [0.717, 1.165) is 24.3 Å². The highest BCUT2D eigenvalue weighted by Crippen LogP contribution is 2.36. The molecule has 20 heavy (non-hydrogen) atoms. The lowest BCUT2D eigenvalue weighted by Crippen LogP contribution is -2.17. The molecule has 1 N–H and O–H groups in total. The zero-order valence-electron chi connectivity index (χ0n) is 11.8. The third kappa shape index (κ3) is 2.31. The Morgan fingerprint density at radius 2 is 1.80 bits per heavy atom. The average molecular weight is 269 g/mol. The van der Waals surface area contributed by atoms with Gasteiger partial charge in [-0.3, -0.25) is 0 Å². The Morgan fingerprint density at radius 3 is 2.60 bits per heavy atom. The molecule has 0 aliphatic carbocycles. The Morgan fingerprint density at radius 1 is 1.00 bits per heavy atom. The molecule has 104 valence electrons. The van der Waals surface area contributed by atoms with Crippen LogP contribution in [0.5, 0.6) is 11.5 Å². The quantitative estimate of drug-likeness (QED) is 0.919. The Hall–Kier alpha value is -2.16. The molecule has 0 bridgehead atoms. The van der Waals surface area contributed by atoms with Crippen LogP contribution in [0.25, 0.3) is 0 Å². The minimum absolute atomic E-state index is 0.324. The molecule has 0 fully saturated rings. The number of nitrogens with one attached hydrogen (secondary N) is 1. The lowest BCUT2D eigenvalue weighted by Gasteiger charge is -2.27. The first-order chi connectivity index (χ1) is 9.81. The normalized spacial score (nSPS) is 17.0. The zero-order valence-corrected chi connectivity index (χ0v) is 11.8. The van der Waals surface area contributed by atoms with Crippen LogP contribution in [0.2, 0.25) is 0 Å². The number of hydrogen-bond acceptors (Lipinski definition) is 3. The molecule has 0 spiro atoms. The van der Waals surface area contributed by atoms with E-state index in [-0.39, 0.29) is 0 Å². The molecule has 0 aromatic heterocycles. The van der Waals surface area contributed by atoms with Gasteiger partial charge in [0, 0.05) is 5.69 Å².